The number of hydrogen-bond donors (Lipinski definition) is 1. The molecule has 3 heteroatoms. The normalized spacial score (nSPS) is 12.9. The fourth-order valence-electron chi connectivity index (χ4n) is 0.877. The zero-order chi connectivity index (χ0) is 8.27. The Kier molecular flexibility index (Phi) is 3.12. The molecule has 60 valence electrons. The monoisotopic (exact) mass is 187 g/mol. The van der Waals surface area contributed by atoms with Gasteiger partial charge in [0.1, 0.15) is 0 Å². The van der Waals surface area contributed by atoms with Gasteiger partial charge >= 0.3 is 0 Å². The fourth-order valence-corrected chi connectivity index (χ4v) is 1.92. The Morgan fingerprint density at radius 1 is 1.82 bits per heavy atom. The molecule has 0 aliphatic rings. The highest BCUT2D eigenvalue weighted by Crippen LogP contribution is 2.28. The molecule has 1 aromatic rings. The molecule has 1 nitrogen and oxygen atoms in total. The molecule has 2 N–H and O–H groups in total. The second-order valence-corrected chi connectivity index (χ2v) is 3.80. The summed E-state index contributed by atoms with van der Waals surface area (Å²) in [6.07, 6.45) is 2.58. The summed E-state index contributed by atoms with van der Waals surface area (Å²) >= 11 is 7.38. The third-order valence-electron chi connectivity index (χ3n) is 1.47. The number of halogens is 1. The highest BCUT2D eigenvalue weighted by molar-refractivity contribution is 7.14. The van der Waals surface area contributed by atoms with Gasteiger partial charge in [0.15, 0.2) is 0 Å². The fraction of sp³-hybridized carbons (Fsp3) is 0.250. The van der Waals surface area contributed by atoms with E-state index < -0.39 is 0 Å². The minimum Gasteiger partial charge on any atom is -0.324 e. The lowest BCUT2D eigenvalue weighted by Gasteiger charge is -2.06. The van der Waals surface area contributed by atoms with Gasteiger partial charge in [0.05, 0.1) is 4.34 Å². The maximum atomic E-state index is 5.87. The van der Waals surface area contributed by atoms with E-state index in [9.17, 15) is 0 Å². The maximum Gasteiger partial charge on any atom is 0.0976 e. The SMILES string of the molecule is C=CC[C@@H](N)c1ccsc1Cl. The van der Waals surface area contributed by atoms with Crippen LogP contribution in [0.1, 0.15) is 18.0 Å². The van der Waals surface area contributed by atoms with Crippen LogP contribution in [-0.2, 0) is 0 Å². The molecule has 0 radical (unpaired) electrons. The van der Waals surface area contributed by atoms with E-state index in [1.54, 1.807) is 6.08 Å². The second-order valence-electron chi connectivity index (χ2n) is 2.28. The molecule has 0 aromatic carbocycles. The summed E-state index contributed by atoms with van der Waals surface area (Å²) < 4.78 is 0.791. The Morgan fingerprint density at radius 3 is 3.00 bits per heavy atom. The van der Waals surface area contributed by atoms with Gasteiger partial charge in [-0.05, 0) is 23.4 Å². The van der Waals surface area contributed by atoms with Gasteiger partial charge in [0.25, 0.3) is 0 Å². The molecule has 0 unspecified atom stereocenters. The molecule has 0 spiro atoms. The Labute approximate surface area is 75.5 Å². The first-order chi connectivity index (χ1) is 5.25. The molecular formula is C8H10ClNS. The van der Waals surface area contributed by atoms with Crippen LogP contribution in [0.15, 0.2) is 24.1 Å². The Morgan fingerprint density at radius 2 is 2.55 bits per heavy atom. The Balaban J connectivity index is 2.74. The topological polar surface area (TPSA) is 26.0 Å². The first kappa shape index (κ1) is 8.78. The predicted octanol–water partition coefficient (Wildman–Crippen LogP) is 2.98. The molecule has 0 saturated heterocycles. The van der Waals surface area contributed by atoms with Crippen LogP contribution in [0, 0.1) is 0 Å². The summed E-state index contributed by atoms with van der Waals surface area (Å²) in [6.45, 7) is 3.62. The molecule has 1 atom stereocenters. The number of nitrogens with two attached hydrogens (primary N) is 1. The maximum absolute atomic E-state index is 5.87. The van der Waals surface area contributed by atoms with Crippen LogP contribution in [0.5, 0.6) is 0 Å². The first-order valence-electron chi connectivity index (χ1n) is 3.35. The molecule has 1 aromatic heterocycles. The van der Waals surface area contributed by atoms with Crippen molar-refractivity contribution < 1.29 is 0 Å². The van der Waals surface area contributed by atoms with Gasteiger partial charge in [-0.2, -0.15) is 0 Å². The minimum atomic E-state index is 0.00579. The summed E-state index contributed by atoms with van der Waals surface area (Å²) in [7, 11) is 0. The van der Waals surface area contributed by atoms with E-state index in [1.165, 1.54) is 11.3 Å². The third-order valence-corrected chi connectivity index (χ3v) is 2.67. The summed E-state index contributed by atoms with van der Waals surface area (Å²) in [6, 6.07) is 1.97. The second kappa shape index (κ2) is 3.90. The quantitative estimate of drug-likeness (QED) is 0.724. The summed E-state index contributed by atoms with van der Waals surface area (Å²) in [4.78, 5) is 0. The van der Waals surface area contributed by atoms with Crippen molar-refractivity contribution in [3.05, 3.63) is 34.0 Å². The third kappa shape index (κ3) is 2.06. The van der Waals surface area contributed by atoms with E-state index in [0.29, 0.717) is 0 Å². The minimum absolute atomic E-state index is 0.00579. The van der Waals surface area contributed by atoms with Crippen molar-refractivity contribution in [3.63, 3.8) is 0 Å². The van der Waals surface area contributed by atoms with Crippen molar-refractivity contribution in [2.75, 3.05) is 0 Å². The Bertz CT molecular complexity index is 244. The van der Waals surface area contributed by atoms with Gasteiger partial charge < -0.3 is 5.73 Å². The summed E-state index contributed by atoms with van der Waals surface area (Å²) in [5.41, 5.74) is 6.83. The molecule has 0 aliphatic heterocycles. The van der Waals surface area contributed by atoms with Crippen LogP contribution in [0.3, 0.4) is 0 Å². The molecule has 11 heavy (non-hydrogen) atoms. The molecule has 1 heterocycles. The van der Waals surface area contributed by atoms with Crippen LogP contribution in [0.4, 0.5) is 0 Å². The first-order valence-corrected chi connectivity index (χ1v) is 4.61. The van der Waals surface area contributed by atoms with Crippen LogP contribution >= 0.6 is 22.9 Å². The van der Waals surface area contributed by atoms with E-state index in [-0.39, 0.29) is 6.04 Å². The zero-order valence-electron chi connectivity index (χ0n) is 6.09. The predicted molar refractivity (Wildman–Crippen MR) is 51.1 cm³/mol. The van der Waals surface area contributed by atoms with E-state index in [1.807, 2.05) is 11.4 Å². The van der Waals surface area contributed by atoms with E-state index >= 15 is 0 Å². The average molecular weight is 188 g/mol. The average Bonchev–Trinajstić information content (AvgIpc) is 2.36. The van der Waals surface area contributed by atoms with Gasteiger partial charge in [-0.25, -0.2) is 0 Å². The van der Waals surface area contributed by atoms with Gasteiger partial charge in [-0.1, -0.05) is 17.7 Å². The van der Waals surface area contributed by atoms with Crippen LogP contribution in [0.2, 0.25) is 4.34 Å². The number of rotatable bonds is 3. The van der Waals surface area contributed by atoms with Gasteiger partial charge in [0.2, 0.25) is 0 Å². The largest absolute Gasteiger partial charge is 0.324 e. The van der Waals surface area contributed by atoms with E-state index in [4.69, 9.17) is 17.3 Å². The van der Waals surface area contributed by atoms with E-state index in [0.717, 1.165) is 16.3 Å². The van der Waals surface area contributed by atoms with Crippen molar-refractivity contribution >= 4 is 22.9 Å². The van der Waals surface area contributed by atoms with Gasteiger partial charge in [0, 0.05) is 6.04 Å². The van der Waals surface area contributed by atoms with Crippen molar-refractivity contribution in [2.45, 2.75) is 12.5 Å². The zero-order valence-corrected chi connectivity index (χ0v) is 7.66. The van der Waals surface area contributed by atoms with Gasteiger partial charge in [-0.15, -0.1) is 17.9 Å². The Hall–Kier alpha value is -0.310. The standard InChI is InChI=1S/C8H10ClNS/c1-2-3-7(10)6-4-5-11-8(6)9/h2,4-5,7H,1,3,10H2/t7-/m1/s1. The summed E-state index contributed by atoms with van der Waals surface area (Å²) in [5.74, 6) is 0. The lowest BCUT2D eigenvalue weighted by atomic mass is 10.1. The van der Waals surface area contributed by atoms with Crippen molar-refractivity contribution in [3.8, 4) is 0 Å². The molecule has 0 aliphatic carbocycles. The molecule has 0 bridgehead atoms. The van der Waals surface area contributed by atoms with Crippen LogP contribution in [-0.4, -0.2) is 0 Å². The van der Waals surface area contributed by atoms with Crippen LogP contribution < -0.4 is 5.73 Å². The van der Waals surface area contributed by atoms with E-state index in [2.05, 4.69) is 6.58 Å². The van der Waals surface area contributed by atoms with Gasteiger partial charge in [-0.3, -0.25) is 0 Å². The number of thiophene rings is 1. The lowest BCUT2D eigenvalue weighted by Crippen LogP contribution is -2.07. The van der Waals surface area contributed by atoms with Crippen molar-refractivity contribution in [1.82, 2.24) is 0 Å². The lowest BCUT2D eigenvalue weighted by molar-refractivity contribution is 0.745. The molecule has 1 rings (SSSR count). The molecular weight excluding hydrogens is 178 g/mol. The van der Waals surface area contributed by atoms with Crippen molar-refractivity contribution in [2.24, 2.45) is 5.73 Å². The highest BCUT2D eigenvalue weighted by Gasteiger charge is 2.08. The summed E-state index contributed by atoms with van der Waals surface area (Å²) in [5, 5.41) is 1.95. The molecule has 0 amide bonds. The number of hydrogen-bond acceptors (Lipinski definition) is 2. The molecule has 0 saturated carbocycles. The highest BCUT2D eigenvalue weighted by atomic mass is 35.5. The smallest absolute Gasteiger partial charge is 0.0976 e. The van der Waals surface area contributed by atoms with Crippen molar-refractivity contribution in [1.29, 1.82) is 0 Å². The van der Waals surface area contributed by atoms with Crippen LogP contribution in [0.25, 0.3) is 0 Å². The molecule has 0 fully saturated rings.